The lowest BCUT2D eigenvalue weighted by Crippen LogP contribution is -2.51. The summed E-state index contributed by atoms with van der Waals surface area (Å²) in [4.78, 5) is 0. The van der Waals surface area contributed by atoms with Crippen LogP contribution in [0.3, 0.4) is 0 Å². The Balaban J connectivity index is 2.06. The third kappa shape index (κ3) is 0.996. The van der Waals surface area contributed by atoms with Crippen molar-refractivity contribution < 1.29 is 0 Å². The lowest BCUT2D eigenvalue weighted by atomic mass is 9.91. The molecule has 3 nitrogen and oxygen atoms in total. The van der Waals surface area contributed by atoms with Crippen molar-refractivity contribution in [2.24, 2.45) is 5.84 Å². The highest BCUT2D eigenvalue weighted by Crippen LogP contribution is 2.41. The van der Waals surface area contributed by atoms with Gasteiger partial charge in [0.15, 0.2) is 0 Å². The summed E-state index contributed by atoms with van der Waals surface area (Å²) in [6.45, 7) is 1.09. The number of hydrogen-bond donors (Lipinski definition) is 2. The molecular weight excluding hydrogens is 174 g/mol. The summed E-state index contributed by atoms with van der Waals surface area (Å²) in [5.41, 5.74) is 2.60. The van der Waals surface area contributed by atoms with Gasteiger partial charge in [0.25, 0.3) is 0 Å². The van der Waals surface area contributed by atoms with Gasteiger partial charge in [-0.3, -0.25) is 10.3 Å². The Morgan fingerprint density at radius 2 is 2.21 bits per heavy atom. The first-order valence-corrected chi connectivity index (χ1v) is 5.24. The summed E-state index contributed by atoms with van der Waals surface area (Å²) in [6.07, 6.45) is 2.83. The highest BCUT2D eigenvalue weighted by Gasteiger charge is 2.37. The van der Waals surface area contributed by atoms with Crippen LogP contribution in [-0.2, 0) is 0 Å². The summed E-state index contributed by atoms with van der Waals surface area (Å²) in [7, 11) is 0. The van der Waals surface area contributed by atoms with Crippen molar-refractivity contribution in [2.75, 3.05) is 11.6 Å². The first-order chi connectivity index (χ1) is 6.88. The Morgan fingerprint density at radius 3 is 3.14 bits per heavy atom. The molecule has 1 aromatic rings. The minimum atomic E-state index is 0.321. The van der Waals surface area contributed by atoms with Crippen LogP contribution in [0.25, 0.3) is 0 Å². The van der Waals surface area contributed by atoms with Crippen LogP contribution in [0.4, 0.5) is 5.69 Å². The maximum Gasteiger partial charge on any atom is 0.102 e. The number of anilines is 1. The van der Waals surface area contributed by atoms with Crippen LogP contribution in [0.15, 0.2) is 24.3 Å². The molecule has 1 fully saturated rings. The van der Waals surface area contributed by atoms with E-state index in [0.29, 0.717) is 12.1 Å². The average molecular weight is 189 g/mol. The average Bonchev–Trinajstić information content (AvgIpc) is 2.55. The smallest absolute Gasteiger partial charge is 0.102 e. The first kappa shape index (κ1) is 8.26. The normalized spacial score (nSPS) is 29.9. The molecule has 0 saturated carbocycles. The Bertz CT molecular complexity index is 350. The van der Waals surface area contributed by atoms with Gasteiger partial charge in [0.05, 0.1) is 5.69 Å². The minimum absolute atomic E-state index is 0.321. The van der Waals surface area contributed by atoms with Gasteiger partial charge in [0, 0.05) is 5.92 Å². The number of rotatable bonds is 0. The molecule has 0 aliphatic carbocycles. The maximum absolute atomic E-state index is 6.07. The minimum Gasteiger partial charge on any atom is -0.296 e. The Kier molecular flexibility index (Phi) is 1.75. The second kappa shape index (κ2) is 2.97. The third-order valence-electron chi connectivity index (χ3n) is 3.34. The molecule has 74 valence electrons. The standard InChI is InChI=1S/C11H15N3/c12-14-10-6-2-1-4-8(10)9-5-3-7-13-11(9)14/h1-2,4,6,9,11,13H,3,5,7,12H2. The van der Waals surface area contributed by atoms with Crippen LogP contribution < -0.4 is 16.2 Å². The van der Waals surface area contributed by atoms with Gasteiger partial charge in [-0.15, -0.1) is 0 Å². The zero-order valence-electron chi connectivity index (χ0n) is 8.11. The van der Waals surface area contributed by atoms with Gasteiger partial charge in [-0.1, -0.05) is 18.2 Å². The lowest BCUT2D eigenvalue weighted by molar-refractivity contribution is 0.361. The number of fused-ring (bicyclic) bond motifs is 3. The summed E-state index contributed by atoms with van der Waals surface area (Å²) < 4.78 is 0. The fourth-order valence-corrected chi connectivity index (χ4v) is 2.68. The van der Waals surface area contributed by atoms with Gasteiger partial charge in [-0.05, 0) is 31.0 Å². The molecular formula is C11H15N3. The van der Waals surface area contributed by atoms with E-state index in [1.807, 2.05) is 5.01 Å². The van der Waals surface area contributed by atoms with Crippen LogP contribution in [0.2, 0.25) is 0 Å². The third-order valence-corrected chi connectivity index (χ3v) is 3.34. The Labute approximate surface area is 83.9 Å². The second-order valence-corrected chi connectivity index (χ2v) is 4.11. The number of nitrogens with two attached hydrogens (primary N) is 1. The molecule has 3 N–H and O–H groups in total. The summed E-state index contributed by atoms with van der Waals surface area (Å²) >= 11 is 0. The predicted octanol–water partition coefficient (Wildman–Crippen LogP) is 1.17. The second-order valence-electron chi connectivity index (χ2n) is 4.11. The van der Waals surface area contributed by atoms with Crippen molar-refractivity contribution in [3.05, 3.63) is 29.8 Å². The molecule has 0 spiro atoms. The van der Waals surface area contributed by atoms with E-state index in [1.54, 1.807) is 0 Å². The number of hydrazine groups is 1. The van der Waals surface area contributed by atoms with Gasteiger partial charge in [-0.2, -0.15) is 0 Å². The number of benzene rings is 1. The number of nitrogens with zero attached hydrogens (tertiary/aromatic N) is 1. The zero-order valence-corrected chi connectivity index (χ0v) is 8.11. The van der Waals surface area contributed by atoms with Gasteiger partial charge in [-0.25, -0.2) is 5.84 Å². The van der Waals surface area contributed by atoms with Gasteiger partial charge in [0.1, 0.15) is 6.17 Å². The summed E-state index contributed by atoms with van der Waals surface area (Å²) in [5, 5.41) is 5.37. The number of nitrogens with one attached hydrogen (secondary N) is 1. The molecule has 3 heteroatoms. The van der Waals surface area contributed by atoms with Crippen molar-refractivity contribution in [1.82, 2.24) is 5.32 Å². The quantitative estimate of drug-likeness (QED) is 0.602. The molecule has 0 amide bonds. The highest BCUT2D eigenvalue weighted by atomic mass is 15.5. The number of piperidine rings is 1. The Morgan fingerprint density at radius 1 is 1.36 bits per heavy atom. The number of para-hydroxylation sites is 1. The first-order valence-electron chi connectivity index (χ1n) is 5.24. The van der Waals surface area contributed by atoms with Crippen molar-refractivity contribution in [3.63, 3.8) is 0 Å². The molecule has 0 aromatic heterocycles. The van der Waals surface area contributed by atoms with E-state index < -0.39 is 0 Å². The Hall–Kier alpha value is -1.06. The molecule has 2 atom stereocenters. The van der Waals surface area contributed by atoms with Crippen LogP contribution >= 0.6 is 0 Å². The van der Waals surface area contributed by atoms with E-state index in [-0.39, 0.29) is 0 Å². The molecule has 1 saturated heterocycles. The van der Waals surface area contributed by atoms with Gasteiger partial charge < -0.3 is 0 Å². The lowest BCUT2D eigenvalue weighted by Gasteiger charge is -2.31. The van der Waals surface area contributed by atoms with Crippen LogP contribution in [-0.4, -0.2) is 12.7 Å². The van der Waals surface area contributed by atoms with Crippen molar-refractivity contribution in [3.8, 4) is 0 Å². The van der Waals surface area contributed by atoms with E-state index >= 15 is 0 Å². The fraction of sp³-hybridized carbons (Fsp3) is 0.455. The van der Waals surface area contributed by atoms with Crippen LogP contribution in [0.5, 0.6) is 0 Å². The molecule has 0 radical (unpaired) electrons. The van der Waals surface area contributed by atoms with E-state index in [1.165, 1.54) is 24.1 Å². The molecule has 14 heavy (non-hydrogen) atoms. The van der Waals surface area contributed by atoms with Crippen molar-refractivity contribution in [1.29, 1.82) is 0 Å². The molecule has 1 aromatic carbocycles. The largest absolute Gasteiger partial charge is 0.296 e. The monoisotopic (exact) mass is 189 g/mol. The molecule has 2 aliphatic heterocycles. The summed E-state index contributed by atoms with van der Waals surface area (Å²) in [5.74, 6) is 6.66. The predicted molar refractivity (Wildman–Crippen MR) is 56.9 cm³/mol. The van der Waals surface area contributed by atoms with Crippen LogP contribution in [0, 0.1) is 0 Å². The van der Waals surface area contributed by atoms with Crippen molar-refractivity contribution >= 4 is 5.69 Å². The van der Waals surface area contributed by atoms with Crippen LogP contribution in [0.1, 0.15) is 24.3 Å². The molecule has 0 bridgehead atoms. The van der Waals surface area contributed by atoms with E-state index in [2.05, 4.69) is 29.6 Å². The molecule has 3 rings (SSSR count). The van der Waals surface area contributed by atoms with Gasteiger partial charge in [0.2, 0.25) is 0 Å². The molecule has 2 heterocycles. The summed E-state index contributed by atoms with van der Waals surface area (Å²) in [6, 6.07) is 8.46. The topological polar surface area (TPSA) is 41.3 Å². The highest BCUT2D eigenvalue weighted by molar-refractivity contribution is 5.60. The SMILES string of the molecule is NN1c2ccccc2C2CCCNC21. The van der Waals surface area contributed by atoms with E-state index in [0.717, 1.165) is 6.54 Å². The van der Waals surface area contributed by atoms with E-state index in [4.69, 9.17) is 5.84 Å². The maximum atomic E-state index is 6.07. The van der Waals surface area contributed by atoms with Crippen molar-refractivity contribution in [2.45, 2.75) is 24.9 Å². The van der Waals surface area contributed by atoms with Gasteiger partial charge >= 0.3 is 0 Å². The number of hydrogen-bond acceptors (Lipinski definition) is 3. The molecule has 2 aliphatic rings. The molecule has 2 unspecified atom stereocenters. The fourth-order valence-electron chi connectivity index (χ4n) is 2.68. The van der Waals surface area contributed by atoms with E-state index in [9.17, 15) is 0 Å². The zero-order chi connectivity index (χ0) is 9.54.